The smallest absolute Gasteiger partial charge is 0.241 e. The van der Waals surface area contributed by atoms with Gasteiger partial charge in [-0.1, -0.05) is 13.0 Å². The first kappa shape index (κ1) is 17.0. The van der Waals surface area contributed by atoms with Gasteiger partial charge in [0.05, 0.1) is 12.1 Å². The first-order valence-corrected chi connectivity index (χ1v) is 9.96. The van der Waals surface area contributed by atoms with Crippen molar-refractivity contribution in [1.29, 1.82) is 0 Å². The highest BCUT2D eigenvalue weighted by Gasteiger charge is 2.24. The molecule has 2 aromatic heterocycles. The number of fused-ring (bicyclic) bond motifs is 1. The average Bonchev–Trinajstić information content (AvgIpc) is 3.26. The lowest BCUT2D eigenvalue weighted by molar-refractivity contribution is -0.122. The third-order valence-corrected chi connectivity index (χ3v) is 5.50. The van der Waals surface area contributed by atoms with Crippen LogP contribution in [0.15, 0.2) is 17.5 Å². The highest BCUT2D eigenvalue weighted by atomic mass is 32.2. The van der Waals surface area contributed by atoms with Crippen LogP contribution in [0, 0.1) is 0 Å². The van der Waals surface area contributed by atoms with Gasteiger partial charge in [0.25, 0.3) is 0 Å². The van der Waals surface area contributed by atoms with E-state index in [1.165, 1.54) is 0 Å². The van der Waals surface area contributed by atoms with Gasteiger partial charge >= 0.3 is 0 Å². The first-order chi connectivity index (χ1) is 11.7. The van der Waals surface area contributed by atoms with Crippen LogP contribution in [0.4, 0.5) is 5.82 Å². The molecule has 0 aromatic carbocycles. The van der Waals surface area contributed by atoms with E-state index >= 15 is 0 Å². The summed E-state index contributed by atoms with van der Waals surface area (Å²) in [6.45, 7) is 2.79. The number of carbonyl (C=O) groups excluding carboxylic acids is 2. The lowest BCUT2D eigenvalue weighted by Crippen LogP contribution is -2.29. The van der Waals surface area contributed by atoms with Gasteiger partial charge in [0.15, 0.2) is 0 Å². The number of carbonyl (C=O) groups is 2. The summed E-state index contributed by atoms with van der Waals surface area (Å²) < 4.78 is 1.63. The van der Waals surface area contributed by atoms with Crippen molar-refractivity contribution in [1.82, 2.24) is 15.1 Å². The predicted octanol–water partition coefficient (Wildman–Crippen LogP) is 2.40. The Morgan fingerprint density at radius 3 is 2.96 bits per heavy atom. The molecule has 0 fully saturated rings. The summed E-state index contributed by atoms with van der Waals surface area (Å²) >= 11 is 3.33. The van der Waals surface area contributed by atoms with E-state index in [4.69, 9.17) is 0 Å². The van der Waals surface area contributed by atoms with Crippen LogP contribution in [0.3, 0.4) is 0 Å². The maximum atomic E-state index is 12.3. The lowest BCUT2D eigenvalue weighted by atomic mass is 10.2. The zero-order chi connectivity index (χ0) is 16.9. The van der Waals surface area contributed by atoms with E-state index in [-0.39, 0.29) is 18.4 Å². The molecule has 8 heteroatoms. The van der Waals surface area contributed by atoms with Crippen LogP contribution in [0.25, 0.3) is 0 Å². The van der Waals surface area contributed by atoms with Crippen LogP contribution < -0.4 is 10.6 Å². The third-order valence-electron chi connectivity index (χ3n) is 3.66. The number of hydrogen-bond acceptors (Lipinski definition) is 5. The van der Waals surface area contributed by atoms with Crippen LogP contribution in [-0.2, 0) is 34.1 Å². The highest BCUT2D eigenvalue weighted by molar-refractivity contribution is 7.98. The van der Waals surface area contributed by atoms with Crippen molar-refractivity contribution in [2.45, 2.75) is 37.8 Å². The van der Waals surface area contributed by atoms with Crippen molar-refractivity contribution in [3.05, 3.63) is 33.6 Å². The number of rotatable bonds is 7. The summed E-state index contributed by atoms with van der Waals surface area (Å²) in [6.07, 6.45) is 1.23. The first-order valence-electron chi connectivity index (χ1n) is 7.92. The second-order valence-electron chi connectivity index (χ2n) is 5.58. The van der Waals surface area contributed by atoms with Crippen molar-refractivity contribution in [3.8, 4) is 0 Å². The Hall–Kier alpha value is -1.80. The van der Waals surface area contributed by atoms with Gasteiger partial charge in [-0.2, -0.15) is 16.9 Å². The molecule has 24 heavy (non-hydrogen) atoms. The van der Waals surface area contributed by atoms with Crippen molar-refractivity contribution in [2.24, 2.45) is 0 Å². The van der Waals surface area contributed by atoms with Crippen molar-refractivity contribution in [2.75, 3.05) is 11.9 Å². The fourth-order valence-electron chi connectivity index (χ4n) is 2.52. The molecule has 2 amide bonds. The SMILES string of the molecule is CCCNC(=O)Cn1nc2c(c1NC(=O)Cc1cccs1)CSC2. The minimum absolute atomic E-state index is 0.0766. The molecule has 0 bridgehead atoms. The molecule has 3 rings (SSSR count). The molecule has 2 N–H and O–H groups in total. The molecule has 0 aliphatic carbocycles. The van der Waals surface area contributed by atoms with Crippen LogP contribution >= 0.6 is 23.1 Å². The molecule has 0 unspecified atom stereocenters. The number of thiophene rings is 1. The maximum Gasteiger partial charge on any atom is 0.241 e. The number of nitrogens with one attached hydrogen (secondary N) is 2. The highest BCUT2D eigenvalue weighted by Crippen LogP contribution is 2.34. The number of thioether (sulfide) groups is 1. The van der Waals surface area contributed by atoms with Crippen LogP contribution in [-0.4, -0.2) is 28.1 Å². The Bertz CT molecular complexity index is 725. The summed E-state index contributed by atoms with van der Waals surface area (Å²) in [5.41, 5.74) is 2.01. The molecule has 128 valence electrons. The van der Waals surface area contributed by atoms with E-state index in [0.717, 1.165) is 34.1 Å². The van der Waals surface area contributed by atoms with E-state index in [2.05, 4.69) is 15.7 Å². The molecular formula is C16H20N4O2S2. The standard InChI is InChI=1S/C16H20N4O2S2/c1-2-5-17-15(22)8-20-16(12-9-23-10-13(12)19-20)18-14(21)7-11-4-3-6-24-11/h3-4,6H,2,5,7-10H2,1H3,(H,17,22)(H,18,21). The monoisotopic (exact) mass is 364 g/mol. The van der Waals surface area contributed by atoms with Crippen molar-refractivity contribution in [3.63, 3.8) is 0 Å². The molecule has 0 saturated heterocycles. The zero-order valence-corrected chi connectivity index (χ0v) is 15.1. The van der Waals surface area contributed by atoms with E-state index in [0.29, 0.717) is 18.8 Å². The van der Waals surface area contributed by atoms with Crippen molar-refractivity contribution >= 4 is 40.7 Å². The molecule has 1 aliphatic rings. The van der Waals surface area contributed by atoms with Gasteiger partial charge in [-0.15, -0.1) is 11.3 Å². The minimum Gasteiger partial charge on any atom is -0.355 e. The van der Waals surface area contributed by atoms with Gasteiger partial charge < -0.3 is 10.6 Å². The Kier molecular flexibility index (Phi) is 5.57. The molecule has 0 saturated carbocycles. The number of hydrogen-bond donors (Lipinski definition) is 2. The second-order valence-corrected chi connectivity index (χ2v) is 7.60. The van der Waals surface area contributed by atoms with Gasteiger partial charge in [0.1, 0.15) is 12.4 Å². The Labute approximate surface area is 149 Å². The fraction of sp³-hybridized carbons (Fsp3) is 0.438. The van der Waals surface area contributed by atoms with E-state index in [1.807, 2.05) is 24.4 Å². The molecule has 2 aromatic rings. The predicted molar refractivity (Wildman–Crippen MR) is 97.2 cm³/mol. The van der Waals surface area contributed by atoms with Gasteiger partial charge in [-0.3, -0.25) is 9.59 Å². The largest absolute Gasteiger partial charge is 0.355 e. The van der Waals surface area contributed by atoms with Crippen LogP contribution in [0.2, 0.25) is 0 Å². The maximum absolute atomic E-state index is 12.3. The zero-order valence-electron chi connectivity index (χ0n) is 13.5. The summed E-state index contributed by atoms with van der Waals surface area (Å²) in [4.78, 5) is 25.4. The molecule has 0 radical (unpaired) electrons. The molecule has 3 heterocycles. The fourth-order valence-corrected chi connectivity index (χ4v) is 4.26. The van der Waals surface area contributed by atoms with E-state index in [9.17, 15) is 9.59 Å². The molecule has 0 atom stereocenters. The molecule has 0 spiro atoms. The Morgan fingerprint density at radius 2 is 2.21 bits per heavy atom. The van der Waals surface area contributed by atoms with E-state index < -0.39 is 0 Å². The quantitative estimate of drug-likeness (QED) is 0.791. The topological polar surface area (TPSA) is 76.0 Å². The summed E-state index contributed by atoms with van der Waals surface area (Å²) in [5.74, 6) is 2.16. The van der Waals surface area contributed by atoms with Crippen LogP contribution in [0.1, 0.15) is 29.5 Å². The number of anilines is 1. The van der Waals surface area contributed by atoms with Gasteiger partial charge in [-0.25, -0.2) is 4.68 Å². The number of nitrogens with zero attached hydrogens (tertiary/aromatic N) is 2. The number of amides is 2. The third kappa shape index (κ3) is 3.99. The van der Waals surface area contributed by atoms with Crippen LogP contribution in [0.5, 0.6) is 0 Å². The van der Waals surface area contributed by atoms with Gasteiger partial charge in [0.2, 0.25) is 11.8 Å². The van der Waals surface area contributed by atoms with Gasteiger partial charge in [0, 0.05) is 28.5 Å². The minimum atomic E-state index is -0.0839. The van der Waals surface area contributed by atoms with Gasteiger partial charge in [-0.05, 0) is 17.9 Å². The Balaban J connectivity index is 1.73. The lowest BCUT2D eigenvalue weighted by Gasteiger charge is -2.11. The second kappa shape index (κ2) is 7.85. The summed E-state index contributed by atoms with van der Waals surface area (Å²) in [5, 5.41) is 12.3. The molecule has 1 aliphatic heterocycles. The van der Waals surface area contributed by atoms with E-state index in [1.54, 1.807) is 27.8 Å². The molecule has 6 nitrogen and oxygen atoms in total. The summed E-state index contributed by atoms with van der Waals surface area (Å²) in [7, 11) is 0. The number of aromatic nitrogens is 2. The average molecular weight is 364 g/mol. The normalized spacial score (nSPS) is 12.9. The van der Waals surface area contributed by atoms with Crippen molar-refractivity contribution < 1.29 is 9.59 Å². The summed E-state index contributed by atoms with van der Waals surface area (Å²) in [6, 6.07) is 3.88. The Morgan fingerprint density at radius 1 is 1.33 bits per heavy atom. The molecular weight excluding hydrogens is 344 g/mol.